The maximum atomic E-state index is 5.55. The fourth-order valence-electron chi connectivity index (χ4n) is 0.673. The molecule has 0 fully saturated rings. The van der Waals surface area contributed by atoms with Crippen LogP contribution in [-0.2, 0) is 4.74 Å². The second-order valence-corrected chi connectivity index (χ2v) is 3.54. The molecule has 0 saturated heterocycles. The lowest BCUT2D eigenvalue weighted by atomic mass is 9.94. The van der Waals surface area contributed by atoms with Gasteiger partial charge < -0.3 is 15.8 Å². The predicted octanol–water partition coefficient (Wildman–Crippen LogP) is 0.207. The van der Waals surface area contributed by atoms with Crippen molar-refractivity contribution < 1.29 is 4.74 Å². The van der Waals surface area contributed by atoms with Crippen molar-refractivity contribution in [2.45, 2.75) is 13.8 Å². The molecule has 0 radical (unpaired) electrons. The molecule has 68 valence electrons. The van der Waals surface area contributed by atoms with Crippen LogP contribution in [-0.4, -0.2) is 33.4 Å². The number of hydrogen-bond donors (Lipinski definition) is 2. The van der Waals surface area contributed by atoms with Gasteiger partial charge in [0.2, 0.25) is 0 Å². The average Bonchev–Trinajstić information content (AvgIpc) is 1.99. The van der Waals surface area contributed by atoms with E-state index in [4.69, 9.17) is 10.5 Å². The van der Waals surface area contributed by atoms with Crippen LogP contribution >= 0.6 is 0 Å². The molecule has 0 aliphatic rings. The predicted molar refractivity (Wildman–Crippen MR) is 47.6 cm³/mol. The fraction of sp³-hybridized carbons (Fsp3) is 1.00. The highest BCUT2D eigenvalue weighted by Crippen LogP contribution is 2.09. The van der Waals surface area contributed by atoms with Gasteiger partial charge in [0.05, 0.1) is 6.61 Å². The highest BCUT2D eigenvalue weighted by molar-refractivity contribution is 4.71. The maximum Gasteiger partial charge on any atom is 0.0587 e. The monoisotopic (exact) mass is 160 g/mol. The Kier molecular flexibility index (Phi) is 5.46. The normalized spacial score (nSPS) is 12.0. The number of methoxy groups -OCH3 is 1. The molecule has 3 N–H and O–H groups in total. The zero-order valence-corrected chi connectivity index (χ0v) is 7.81. The van der Waals surface area contributed by atoms with Crippen molar-refractivity contribution in [1.29, 1.82) is 0 Å². The summed E-state index contributed by atoms with van der Waals surface area (Å²) in [4.78, 5) is 0. The largest absolute Gasteiger partial charge is 0.383 e. The van der Waals surface area contributed by atoms with Gasteiger partial charge >= 0.3 is 0 Å². The van der Waals surface area contributed by atoms with Crippen LogP contribution in [0.4, 0.5) is 0 Å². The van der Waals surface area contributed by atoms with Gasteiger partial charge in [0.1, 0.15) is 0 Å². The number of nitrogens with two attached hydrogens (primary N) is 1. The van der Waals surface area contributed by atoms with Crippen molar-refractivity contribution in [2.75, 3.05) is 33.4 Å². The van der Waals surface area contributed by atoms with Crippen molar-refractivity contribution in [1.82, 2.24) is 5.32 Å². The summed E-state index contributed by atoms with van der Waals surface area (Å²) in [6, 6.07) is 0. The summed E-state index contributed by atoms with van der Waals surface area (Å²) >= 11 is 0. The summed E-state index contributed by atoms with van der Waals surface area (Å²) in [5.41, 5.74) is 5.75. The second-order valence-electron chi connectivity index (χ2n) is 3.54. The molecule has 0 aromatic carbocycles. The fourth-order valence-corrected chi connectivity index (χ4v) is 0.673. The molecule has 11 heavy (non-hydrogen) atoms. The first-order chi connectivity index (χ1) is 5.12. The van der Waals surface area contributed by atoms with Gasteiger partial charge in [0, 0.05) is 20.2 Å². The number of hydrogen-bond acceptors (Lipinski definition) is 3. The maximum absolute atomic E-state index is 5.55. The molecular formula is C8H20N2O. The smallest absolute Gasteiger partial charge is 0.0587 e. The van der Waals surface area contributed by atoms with Crippen LogP contribution in [0.5, 0.6) is 0 Å². The summed E-state index contributed by atoms with van der Waals surface area (Å²) < 4.78 is 4.90. The lowest BCUT2D eigenvalue weighted by molar-refractivity contribution is 0.194. The third-order valence-electron chi connectivity index (χ3n) is 1.64. The molecular weight excluding hydrogens is 140 g/mol. The summed E-state index contributed by atoms with van der Waals surface area (Å²) in [7, 11) is 1.70. The highest BCUT2D eigenvalue weighted by Gasteiger charge is 2.13. The van der Waals surface area contributed by atoms with Gasteiger partial charge in [-0.3, -0.25) is 0 Å². The first-order valence-corrected chi connectivity index (χ1v) is 4.02. The molecule has 0 amide bonds. The third-order valence-corrected chi connectivity index (χ3v) is 1.64. The van der Waals surface area contributed by atoms with Gasteiger partial charge in [0.25, 0.3) is 0 Å². The van der Waals surface area contributed by atoms with Gasteiger partial charge in [-0.2, -0.15) is 0 Å². The molecule has 0 saturated carbocycles. The first kappa shape index (κ1) is 10.9. The number of nitrogens with one attached hydrogen (secondary N) is 1. The van der Waals surface area contributed by atoms with Crippen LogP contribution in [0.1, 0.15) is 13.8 Å². The standard InChI is InChI=1S/C8H20N2O/c1-8(2,6-9)7-10-4-5-11-3/h10H,4-7,9H2,1-3H3. The minimum atomic E-state index is 0.202. The van der Waals surface area contributed by atoms with Gasteiger partial charge in [-0.1, -0.05) is 13.8 Å². The Labute approximate surface area is 69.3 Å². The van der Waals surface area contributed by atoms with E-state index in [2.05, 4.69) is 19.2 Å². The number of rotatable bonds is 6. The van der Waals surface area contributed by atoms with Crippen LogP contribution in [0.2, 0.25) is 0 Å². The summed E-state index contributed by atoms with van der Waals surface area (Å²) in [6.07, 6.45) is 0. The van der Waals surface area contributed by atoms with Gasteiger partial charge in [-0.25, -0.2) is 0 Å². The Bertz CT molecular complexity index is 94.1. The Hall–Kier alpha value is -0.120. The Morgan fingerprint density at radius 2 is 2.09 bits per heavy atom. The second kappa shape index (κ2) is 5.52. The Morgan fingerprint density at radius 3 is 2.55 bits per heavy atom. The van der Waals surface area contributed by atoms with Crippen molar-refractivity contribution in [3.63, 3.8) is 0 Å². The molecule has 0 aromatic rings. The average molecular weight is 160 g/mol. The third kappa shape index (κ3) is 6.28. The number of ether oxygens (including phenoxy) is 1. The van der Waals surface area contributed by atoms with Crippen molar-refractivity contribution in [3.05, 3.63) is 0 Å². The van der Waals surface area contributed by atoms with Crippen LogP contribution in [0.15, 0.2) is 0 Å². The molecule has 0 aromatic heterocycles. The van der Waals surface area contributed by atoms with Gasteiger partial charge in [-0.05, 0) is 12.0 Å². The van der Waals surface area contributed by atoms with Crippen molar-refractivity contribution >= 4 is 0 Å². The molecule has 0 unspecified atom stereocenters. The SMILES string of the molecule is COCCNCC(C)(C)CN. The summed E-state index contributed by atoms with van der Waals surface area (Å²) in [6.45, 7) is 7.63. The van der Waals surface area contributed by atoms with Crippen LogP contribution in [0, 0.1) is 5.41 Å². The minimum absolute atomic E-state index is 0.202. The summed E-state index contributed by atoms with van der Waals surface area (Å²) in [5.74, 6) is 0. The molecule has 3 nitrogen and oxygen atoms in total. The zero-order valence-electron chi connectivity index (χ0n) is 7.81. The van der Waals surface area contributed by atoms with Crippen LogP contribution in [0.3, 0.4) is 0 Å². The van der Waals surface area contributed by atoms with E-state index in [1.165, 1.54) is 0 Å². The summed E-state index contributed by atoms with van der Waals surface area (Å²) in [5, 5.41) is 3.27. The molecule has 0 aliphatic heterocycles. The van der Waals surface area contributed by atoms with Crippen molar-refractivity contribution in [3.8, 4) is 0 Å². The van der Waals surface area contributed by atoms with Crippen molar-refractivity contribution in [2.24, 2.45) is 11.1 Å². The lowest BCUT2D eigenvalue weighted by Crippen LogP contribution is -2.36. The van der Waals surface area contributed by atoms with Gasteiger partial charge in [0.15, 0.2) is 0 Å². The molecule has 0 bridgehead atoms. The van der Waals surface area contributed by atoms with E-state index in [1.54, 1.807) is 7.11 Å². The lowest BCUT2D eigenvalue weighted by Gasteiger charge is -2.22. The van der Waals surface area contributed by atoms with Crippen LogP contribution in [0.25, 0.3) is 0 Å². The van der Waals surface area contributed by atoms with E-state index in [0.29, 0.717) is 6.54 Å². The molecule has 0 rings (SSSR count). The van der Waals surface area contributed by atoms with Crippen LogP contribution < -0.4 is 11.1 Å². The highest BCUT2D eigenvalue weighted by atomic mass is 16.5. The minimum Gasteiger partial charge on any atom is -0.383 e. The quantitative estimate of drug-likeness (QED) is 0.546. The van der Waals surface area contributed by atoms with E-state index in [0.717, 1.165) is 19.7 Å². The molecule has 0 spiro atoms. The van der Waals surface area contributed by atoms with E-state index < -0.39 is 0 Å². The molecule has 0 aliphatic carbocycles. The Morgan fingerprint density at radius 1 is 1.45 bits per heavy atom. The Balaban J connectivity index is 3.23. The van der Waals surface area contributed by atoms with E-state index in [1.807, 2.05) is 0 Å². The molecule has 3 heteroatoms. The zero-order chi connectivity index (χ0) is 8.74. The van der Waals surface area contributed by atoms with E-state index in [9.17, 15) is 0 Å². The molecule has 0 atom stereocenters. The van der Waals surface area contributed by atoms with Gasteiger partial charge in [-0.15, -0.1) is 0 Å². The van der Waals surface area contributed by atoms with E-state index >= 15 is 0 Å². The molecule has 0 heterocycles. The first-order valence-electron chi connectivity index (χ1n) is 4.02. The van der Waals surface area contributed by atoms with E-state index in [-0.39, 0.29) is 5.41 Å². The topological polar surface area (TPSA) is 47.3 Å².